The Kier molecular flexibility index (Phi) is 6.05. The molecule has 2 unspecified atom stereocenters. The molecule has 1 aliphatic carbocycles. The standard InChI is InChI=1S/C20H29BrN2O2/c1-4-9-22(10-5-2)15-11-14-13-23(20(24)25-6-3)18-8-7-17(21)16(12-15)19(14)18/h7-8,14-15H,4-6,9-13H2,1-3H3. The van der Waals surface area contributed by atoms with E-state index in [0.29, 0.717) is 18.6 Å². The average molecular weight is 409 g/mol. The lowest BCUT2D eigenvalue weighted by Crippen LogP contribution is -2.41. The van der Waals surface area contributed by atoms with Crippen LogP contribution in [0.25, 0.3) is 0 Å². The summed E-state index contributed by atoms with van der Waals surface area (Å²) in [6.45, 7) is 9.85. The van der Waals surface area contributed by atoms with Gasteiger partial charge in [0.1, 0.15) is 0 Å². The van der Waals surface area contributed by atoms with Gasteiger partial charge in [-0.15, -0.1) is 0 Å². The molecule has 25 heavy (non-hydrogen) atoms. The van der Waals surface area contributed by atoms with Crippen molar-refractivity contribution in [2.24, 2.45) is 0 Å². The molecule has 0 spiro atoms. The van der Waals surface area contributed by atoms with Crippen LogP contribution in [0.3, 0.4) is 0 Å². The van der Waals surface area contributed by atoms with Gasteiger partial charge in [0.25, 0.3) is 0 Å². The number of hydrogen-bond donors (Lipinski definition) is 0. The number of carbonyl (C=O) groups excluding carboxylic acids is 1. The van der Waals surface area contributed by atoms with E-state index in [1.165, 1.54) is 28.4 Å². The SMILES string of the molecule is CCCN(CCC)C1Cc2c(Br)ccc3c2C(C1)CN3C(=O)OCC. The molecule has 138 valence electrons. The topological polar surface area (TPSA) is 32.8 Å². The minimum atomic E-state index is -0.211. The van der Waals surface area contributed by atoms with Gasteiger partial charge in [0.2, 0.25) is 0 Å². The highest BCUT2D eigenvalue weighted by atomic mass is 79.9. The molecule has 2 atom stereocenters. The summed E-state index contributed by atoms with van der Waals surface area (Å²) in [4.78, 5) is 16.9. The van der Waals surface area contributed by atoms with E-state index in [4.69, 9.17) is 4.74 Å². The first-order valence-electron chi connectivity index (χ1n) is 9.60. The molecule has 1 amide bonds. The molecule has 0 saturated heterocycles. The lowest BCUT2D eigenvalue weighted by atomic mass is 9.80. The Morgan fingerprint density at radius 1 is 1.28 bits per heavy atom. The van der Waals surface area contributed by atoms with Gasteiger partial charge in [-0.05, 0) is 69.0 Å². The lowest BCUT2D eigenvalue weighted by molar-refractivity contribution is 0.157. The molecule has 0 saturated carbocycles. The summed E-state index contributed by atoms with van der Waals surface area (Å²) >= 11 is 3.76. The molecule has 4 nitrogen and oxygen atoms in total. The third-order valence-electron chi connectivity index (χ3n) is 5.40. The van der Waals surface area contributed by atoms with Crippen molar-refractivity contribution in [1.29, 1.82) is 0 Å². The summed E-state index contributed by atoms with van der Waals surface area (Å²) in [5.41, 5.74) is 3.81. The molecule has 1 aliphatic heterocycles. The van der Waals surface area contributed by atoms with Gasteiger partial charge in [0.15, 0.2) is 0 Å². The van der Waals surface area contributed by atoms with E-state index in [1.54, 1.807) is 0 Å². The summed E-state index contributed by atoms with van der Waals surface area (Å²) in [6, 6.07) is 4.72. The number of benzene rings is 1. The molecule has 0 aromatic heterocycles. The Morgan fingerprint density at radius 2 is 2.00 bits per heavy atom. The number of halogens is 1. The fourth-order valence-corrected chi connectivity index (χ4v) is 4.99. The molecular weight excluding hydrogens is 380 g/mol. The fraction of sp³-hybridized carbons (Fsp3) is 0.650. The highest BCUT2D eigenvalue weighted by molar-refractivity contribution is 9.10. The van der Waals surface area contributed by atoms with E-state index in [1.807, 2.05) is 11.8 Å². The molecule has 5 heteroatoms. The first-order chi connectivity index (χ1) is 12.1. The Balaban J connectivity index is 1.91. The summed E-state index contributed by atoms with van der Waals surface area (Å²) in [7, 11) is 0. The number of anilines is 1. The van der Waals surface area contributed by atoms with E-state index in [-0.39, 0.29) is 6.09 Å². The smallest absolute Gasteiger partial charge is 0.414 e. The zero-order valence-electron chi connectivity index (χ0n) is 15.6. The van der Waals surface area contributed by atoms with Crippen LogP contribution in [0.4, 0.5) is 10.5 Å². The van der Waals surface area contributed by atoms with Crippen molar-refractivity contribution in [3.05, 3.63) is 27.7 Å². The van der Waals surface area contributed by atoms with Gasteiger partial charge in [0, 0.05) is 23.0 Å². The van der Waals surface area contributed by atoms with Gasteiger partial charge in [-0.1, -0.05) is 29.8 Å². The number of carbonyl (C=O) groups is 1. The Bertz CT molecular complexity index is 628. The van der Waals surface area contributed by atoms with Crippen molar-refractivity contribution < 1.29 is 9.53 Å². The second-order valence-electron chi connectivity index (χ2n) is 7.09. The first kappa shape index (κ1) is 18.7. The number of amides is 1. The second-order valence-corrected chi connectivity index (χ2v) is 7.95. The second kappa shape index (κ2) is 8.09. The van der Waals surface area contributed by atoms with Crippen LogP contribution in [0.5, 0.6) is 0 Å². The van der Waals surface area contributed by atoms with Crippen molar-refractivity contribution in [3.63, 3.8) is 0 Å². The molecule has 0 bridgehead atoms. The average Bonchev–Trinajstić information content (AvgIpc) is 2.97. The zero-order chi connectivity index (χ0) is 18.0. The fourth-order valence-electron chi connectivity index (χ4n) is 4.48. The van der Waals surface area contributed by atoms with Crippen LogP contribution in [0.1, 0.15) is 57.1 Å². The van der Waals surface area contributed by atoms with E-state index >= 15 is 0 Å². The monoisotopic (exact) mass is 408 g/mol. The van der Waals surface area contributed by atoms with Crippen LogP contribution in [0, 0.1) is 0 Å². The van der Waals surface area contributed by atoms with E-state index in [2.05, 4.69) is 46.8 Å². The molecule has 1 aromatic carbocycles. The van der Waals surface area contributed by atoms with Crippen molar-refractivity contribution in [2.75, 3.05) is 31.1 Å². The summed E-state index contributed by atoms with van der Waals surface area (Å²) in [5, 5.41) is 0. The molecule has 1 aromatic rings. The van der Waals surface area contributed by atoms with Crippen molar-refractivity contribution in [1.82, 2.24) is 4.90 Å². The molecule has 0 fully saturated rings. The van der Waals surface area contributed by atoms with Crippen LogP contribution in [-0.4, -0.2) is 43.3 Å². The predicted octanol–water partition coefficient (Wildman–Crippen LogP) is 4.95. The van der Waals surface area contributed by atoms with Gasteiger partial charge in [0.05, 0.1) is 12.3 Å². The van der Waals surface area contributed by atoms with Gasteiger partial charge in [-0.25, -0.2) is 4.79 Å². The van der Waals surface area contributed by atoms with Crippen LogP contribution in [0.15, 0.2) is 16.6 Å². The van der Waals surface area contributed by atoms with E-state index < -0.39 is 0 Å². The van der Waals surface area contributed by atoms with Crippen LogP contribution < -0.4 is 4.90 Å². The Labute approximate surface area is 159 Å². The van der Waals surface area contributed by atoms with Crippen molar-refractivity contribution in [3.8, 4) is 0 Å². The van der Waals surface area contributed by atoms with Crippen LogP contribution in [-0.2, 0) is 11.2 Å². The van der Waals surface area contributed by atoms with Crippen LogP contribution >= 0.6 is 15.9 Å². The summed E-state index contributed by atoms with van der Waals surface area (Å²) in [6.07, 6.45) is 4.36. The van der Waals surface area contributed by atoms with Crippen LogP contribution in [0.2, 0.25) is 0 Å². The van der Waals surface area contributed by atoms with Crippen molar-refractivity contribution >= 4 is 27.7 Å². The highest BCUT2D eigenvalue weighted by Crippen LogP contribution is 2.47. The van der Waals surface area contributed by atoms with Crippen molar-refractivity contribution in [2.45, 2.75) is 58.4 Å². The first-order valence-corrected chi connectivity index (χ1v) is 10.4. The number of ether oxygens (including phenoxy) is 1. The number of nitrogens with zero attached hydrogens (tertiary/aromatic N) is 2. The maximum atomic E-state index is 12.4. The Morgan fingerprint density at radius 3 is 2.64 bits per heavy atom. The quantitative estimate of drug-likeness (QED) is 0.667. The minimum absolute atomic E-state index is 0.211. The maximum Gasteiger partial charge on any atom is 0.414 e. The van der Waals surface area contributed by atoms with Gasteiger partial charge in [-0.2, -0.15) is 0 Å². The molecule has 0 N–H and O–H groups in total. The van der Waals surface area contributed by atoms with Gasteiger partial charge < -0.3 is 9.64 Å². The highest BCUT2D eigenvalue weighted by Gasteiger charge is 2.41. The van der Waals surface area contributed by atoms with E-state index in [0.717, 1.165) is 38.2 Å². The van der Waals surface area contributed by atoms with E-state index in [9.17, 15) is 4.79 Å². The normalized spacial score (nSPS) is 21.6. The van der Waals surface area contributed by atoms with Gasteiger partial charge >= 0.3 is 6.09 Å². The van der Waals surface area contributed by atoms with Gasteiger partial charge in [-0.3, -0.25) is 4.90 Å². The molecule has 3 rings (SSSR count). The molecule has 2 aliphatic rings. The third kappa shape index (κ3) is 3.59. The molecule has 1 heterocycles. The zero-order valence-corrected chi connectivity index (χ0v) is 17.1. The number of rotatable bonds is 6. The maximum absolute atomic E-state index is 12.4. The third-order valence-corrected chi connectivity index (χ3v) is 6.14. The lowest BCUT2D eigenvalue weighted by Gasteiger charge is -2.37. The molecular formula is C20H29BrN2O2. The Hall–Kier alpha value is -1.07. The minimum Gasteiger partial charge on any atom is -0.449 e. The predicted molar refractivity (Wildman–Crippen MR) is 106 cm³/mol. The largest absolute Gasteiger partial charge is 0.449 e. The molecule has 0 radical (unpaired) electrons. The summed E-state index contributed by atoms with van der Waals surface area (Å²) < 4.78 is 6.46. The number of hydrogen-bond acceptors (Lipinski definition) is 3. The summed E-state index contributed by atoms with van der Waals surface area (Å²) in [5.74, 6) is 0.418.